The Morgan fingerprint density at radius 1 is 1.27 bits per heavy atom. The summed E-state index contributed by atoms with van der Waals surface area (Å²) < 4.78 is 10.9. The molecule has 2 rings (SSSR count). The molecule has 8 heteroatoms. The molecule has 0 unspecified atom stereocenters. The maximum Gasteiger partial charge on any atom is 0.271 e. The van der Waals surface area contributed by atoms with Gasteiger partial charge in [0, 0.05) is 17.7 Å². The van der Waals surface area contributed by atoms with Crippen molar-refractivity contribution in [1.82, 2.24) is 0 Å². The van der Waals surface area contributed by atoms with Gasteiger partial charge in [-0.2, -0.15) is 0 Å². The maximum absolute atomic E-state index is 12.6. The Kier molecular flexibility index (Phi) is 6.05. The summed E-state index contributed by atoms with van der Waals surface area (Å²) >= 11 is 6.23. The van der Waals surface area contributed by atoms with E-state index in [1.165, 1.54) is 31.4 Å². The number of methoxy groups -OCH3 is 1. The van der Waals surface area contributed by atoms with Crippen LogP contribution in [0.3, 0.4) is 0 Å². The van der Waals surface area contributed by atoms with Crippen LogP contribution in [0.25, 0.3) is 0 Å². The quantitative estimate of drug-likeness (QED) is 0.585. The van der Waals surface area contributed by atoms with Crippen LogP contribution in [0.2, 0.25) is 5.02 Å². The van der Waals surface area contributed by atoms with E-state index in [0.29, 0.717) is 22.7 Å². The lowest BCUT2D eigenvalue weighted by molar-refractivity contribution is -0.384. The molecule has 0 radical (unpaired) electrons. The van der Waals surface area contributed by atoms with E-state index in [2.05, 4.69) is 5.32 Å². The highest BCUT2D eigenvalue weighted by molar-refractivity contribution is 6.32. The molecule has 7 nitrogen and oxygen atoms in total. The average molecular weight is 379 g/mol. The average Bonchev–Trinajstić information content (AvgIpc) is 2.57. The molecular formula is C18H19ClN2O5. The molecule has 1 N–H and O–H groups in total. The fourth-order valence-electron chi connectivity index (χ4n) is 2.25. The van der Waals surface area contributed by atoms with Gasteiger partial charge < -0.3 is 14.8 Å². The largest absolute Gasteiger partial charge is 0.493 e. The summed E-state index contributed by atoms with van der Waals surface area (Å²) in [5, 5.41) is 13.8. The van der Waals surface area contributed by atoms with Crippen LogP contribution in [-0.2, 0) is 0 Å². The lowest BCUT2D eigenvalue weighted by Crippen LogP contribution is -2.14. The lowest BCUT2D eigenvalue weighted by atomic mass is 10.1. The second-order valence-corrected chi connectivity index (χ2v) is 6.27. The Labute approximate surface area is 156 Å². The van der Waals surface area contributed by atoms with Crippen LogP contribution in [0.5, 0.6) is 11.5 Å². The molecule has 2 aromatic rings. The molecule has 0 atom stereocenters. The van der Waals surface area contributed by atoms with E-state index in [1.807, 2.05) is 13.8 Å². The van der Waals surface area contributed by atoms with E-state index < -0.39 is 10.8 Å². The number of nitrogens with one attached hydrogen (secondary N) is 1. The smallest absolute Gasteiger partial charge is 0.271 e. The van der Waals surface area contributed by atoms with Gasteiger partial charge in [0.15, 0.2) is 11.5 Å². The summed E-state index contributed by atoms with van der Waals surface area (Å²) in [4.78, 5) is 23.0. The fourth-order valence-corrected chi connectivity index (χ4v) is 2.51. The highest BCUT2D eigenvalue weighted by atomic mass is 35.5. The molecular weight excluding hydrogens is 360 g/mol. The van der Waals surface area contributed by atoms with Gasteiger partial charge in [-0.15, -0.1) is 0 Å². The number of rotatable bonds is 6. The van der Waals surface area contributed by atoms with E-state index in [4.69, 9.17) is 21.1 Å². The second-order valence-electron chi connectivity index (χ2n) is 5.87. The van der Waals surface area contributed by atoms with Crippen molar-refractivity contribution >= 4 is 28.9 Å². The molecule has 0 saturated heterocycles. The lowest BCUT2D eigenvalue weighted by Gasteiger charge is -2.16. The molecule has 26 heavy (non-hydrogen) atoms. The summed E-state index contributed by atoms with van der Waals surface area (Å²) in [6, 6.07) is 7.22. The van der Waals surface area contributed by atoms with Gasteiger partial charge in [-0.3, -0.25) is 14.9 Å². The molecule has 0 saturated carbocycles. The number of nitro groups is 1. The van der Waals surface area contributed by atoms with Crippen LogP contribution < -0.4 is 14.8 Å². The van der Waals surface area contributed by atoms with Gasteiger partial charge in [0.2, 0.25) is 0 Å². The Morgan fingerprint density at radius 3 is 2.54 bits per heavy atom. The van der Waals surface area contributed by atoms with Gasteiger partial charge in [0.05, 0.1) is 28.8 Å². The van der Waals surface area contributed by atoms with Crippen LogP contribution in [0.4, 0.5) is 11.4 Å². The van der Waals surface area contributed by atoms with E-state index >= 15 is 0 Å². The summed E-state index contributed by atoms with van der Waals surface area (Å²) in [6.07, 6.45) is -0.117. The summed E-state index contributed by atoms with van der Waals surface area (Å²) in [5.41, 5.74) is 1.18. The van der Waals surface area contributed by atoms with Crippen LogP contribution in [-0.4, -0.2) is 24.0 Å². The Hall–Kier alpha value is -2.80. The third-order valence-electron chi connectivity index (χ3n) is 3.53. The SMILES string of the molecule is COc1cc(C(=O)Nc2cc([N+](=O)[O-])ccc2C)cc(Cl)c1OC(C)C. The number of ether oxygens (including phenoxy) is 2. The molecule has 0 heterocycles. The van der Waals surface area contributed by atoms with E-state index in [0.717, 1.165) is 0 Å². The number of halogens is 1. The first kappa shape index (κ1) is 19.5. The van der Waals surface area contributed by atoms with Crippen molar-refractivity contribution in [2.24, 2.45) is 0 Å². The van der Waals surface area contributed by atoms with Crippen molar-refractivity contribution in [1.29, 1.82) is 0 Å². The molecule has 138 valence electrons. The molecule has 2 aromatic carbocycles. The van der Waals surface area contributed by atoms with Crippen molar-refractivity contribution in [3.8, 4) is 11.5 Å². The number of non-ortho nitro benzene ring substituents is 1. The Bertz CT molecular complexity index is 852. The molecule has 0 aliphatic heterocycles. The summed E-state index contributed by atoms with van der Waals surface area (Å²) in [7, 11) is 1.45. The van der Waals surface area contributed by atoms with Gasteiger partial charge in [-0.25, -0.2) is 0 Å². The van der Waals surface area contributed by atoms with Crippen molar-refractivity contribution in [2.75, 3.05) is 12.4 Å². The predicted octanol–water partition coefficient (Wildman–Crippen LogP) is 4.60. The standard InChI is InChI=1S/C18H19ClN2O5/c1-10(2)26-17-14(19)7-12(8-16(17)25-4)18(22)20-15-9-13(21(23)24)6-5-11(15)3/h5-10H,1-4H3,(H,20,22). The third kappa shape index (κ3) is 4.43. The van der Waals surface area contributed by atoms with E-state index in [1.54, 1.807) is 13.0 Å². The number of amides is 1. The van der Waals surface area contributed by atoms with Gasteiger partial charge in [-0.1, -0.05) is 17.7 Å². The van der Waals surface area contributed by atoms with Crippen molar-refractivity contribution in [3.05, 3.63) is 56.6 Å². The van der Waals surface area contributed by atoms with Crippen LogP contribution in [0.1, 0.15) is 29.8 Å². The van der Waals surface area contributed by atoms with Crippen molar-refractivity contribution in [2.45, 2.75) is 26.9 Å². The molecule has 0 fully saturated rings. The minimum Gasteiger partial charge on any atom is -0.493 e. The van der Waals surface area contributed by atoms with Gasteiger partial charge in [-0.05, 0) is 38.5 Å². The summed E-state index contributed by atoms with van der Waals surface area (Å²) in [5.74, 6) is 0.212. The predicted molar refractivity (Wildman–Crippen MR) is 99.6 cm³/mol. The molecule has 0 aliphatic rings. The molecule has 0 bridgehead atoms. The first-order valence-electron chi connectivity index (χ1n) is 7.83. The highest BCUT2D eigenvalue weighted by Gasteiger charge is 2.18. The number of benzene rings is 2. The highest BCUT2D eigenvalue weighted by Crippen LogP contribution is 2.37. The molecule has 0 aliphatic carbocycles. The third-order valence-corrected chi connectivity index (χ3v) is 3.81. The van der Waals surface area contributed by atoms with E-state index in [9.17, 15) is 14.9 Å². The summed E-state index contributed by atoms with van der Waals surface area (Å²) in [6.45, 7) is 5.44. The van der Waals surface area contributed by atoms with Gasteiger partial charge in [0.1, 0.15) is 0 Å². The number of nitro benzene ring substituents is 1. The first-order valence-corrected chi connectivity index (χ1v) is 8.21. The van der Waals surface area contributed by atoms with Crippen LogP contribution >= 0.6 is 11.6 Å². The number of carbonyl (C=O) groups is 1. The maximum atomic E-state index is 12.6. The topological polar surface area (TPSA) is 90.7 Å². The molecule has 1 amide bonds. The van der Waals surface area contributed by atoms with Crippen molar-refractivity contribution in [3.63, 3.8) is 0 Å². The monoisotopic (exact) mass is 378 g/mol. The zero-order chi connectivity index (χ0) is 19.4. The Morgan fingerprint density at radius 2 is 1.96 bits per heavy atom. The first-order chi connectivity index (χ1) is 12.2. The number of hydrogen-bond donors (Lipinski definition) is 1. The number of nitrogens with zero attached hydrogens (tertiary/aromatic N) is 1. The fraction of sp³-hybridized carbons (Fsp3) is 0.278. The number of carbonyl (C=O) groups excluding carboxylic acids is 1. The zero-order valence-corrected chi connectivity index (χ0v) is 15.6. The number of anilines is 1. The molecule has 0 spiro atoms. The van der Waals surface area contributed by atoms with Gasteiger partial charge in [0.25, 0.3) is 11.6 Å². The number of aryl methyl sites for hydroxylation is 1. The minimum atomic E-state index is -0.521. The zero-order valence-electron chi connectivity index (χ0n) is 14.8. The van der Waals surface area contributed by atoms with Crippen LogP contribution in [0, 0.1) is 17.0 Å². The van der Waals surface area contributed by atoms with Crippen LogP contribution in [0.15, 0.2) is 30.3 Å². The Balaban J connectivity index is 2.34. The van der Waals surface area contributed by atoms with Crippen molar-refractivity contribution < 1.29 is 19.2 Å². The second kappa shape index (κ2) is 8.05. The normalized spacial score (nSPS) is 10.5. The number of hydrogen-bond acceptors (Lipinski definition) is 5. The van der Waals surface area contributed by atoms with E-state index in [-0.39, 0.29) is 22.4 Å². The minimum absolute atomic E-state index is 0.109. The van der Waals surface area contributed by atoms with Gasteiger partial charge >= 0.3 is 0 Å². The molecule has 0 aromatic heterocycles.